The van der Waals surface area contributed by atoms with E-state index in [0.717, 1.165) is 34.7 Å². The zero-order valence-corrected chi connectivity index (χ0v) is 13.1. The number of aromatic nitrogens is 2. The molecule has 0 bridgehead atoms. The highest BCUT2D eigenvalue weighted by Gasteiger charge is 2.15. The van der Waals surface area contributed by atoms with Crippen molar-refractivity contribution >= 4 is 33.3 Å². The first kappa shape index (κ1) is 15.3. The van der Waals surface area contributed by atoms with Crippen LogP contribution in [0.25, 0.3) is 10.2 Å². The molecule has 1 N–H and O–H groups in total. The SMILES string of the molecule is C=CCNc1nc(N(CC=C)CC=C)c2scc(C)c2n1. The van der Waals surface area contributed by atoms with E-state index in [1.54, 1.807) is 17.4 Å². The van der Waals surface area contributed by atoms with Crippen LogP contribution in [0.1, 0.15) is 5.56 Å². The maximum absolute atomic E-state index is 4.66. The fourth-order valence-corrected chi connectivity index (χ4v) is 3.04. The lowest BCUT2D eigenvalue weighted by molar-refractivity contribution is 0.929. The van der Waals surface area contributed by atoms with E-state index < -0.39 is 0 Å². The Morgan fingerprint density at radius 1 is 1.19 bits per heavy atom. The van der Waals surface area contributed by atoms with Crippen LogP contribution in [-0.2, 0) is 0 Å². The van der Waals surface area contributed by atoms with Gasteiger partial charge in [0.2, 0.25) is 5.95 Å². The molecule has 21 heavy (non-hydrogen) atoms. The number of rotatable bonds is 8. The van der Waals surface area contributed by atoms with Crippen LogP contribution in [-0.4, -0.2) is 29.6 Å². The van der Waals surface area contributed by atoms with Crippen molar-refractivity contribution in [1.82, 2.24) is 9.97 Å². The molecule has 0 atom stereocenters. The van der Waals surface area contributed by atoms with Crippen molar-refractivity contribution in [3.8, 4) is 0 Å². The monoisotopic (exact) mass is 300 g/mol. The molecule has 0 radical (unpaired) electrons. The Kier molecular flexibility index (Phi) is 5.11. The Bertz CT molecular complexity index is 650. The molecular formula is C16H20N4S. The van der Waals surface area contributed by atoms with E-state index in [2.05, 4.69) is 52.2 Å². The summed E-state index contributed by atoms with van der Waals surface area (Å²) in [5.74, 6) is 1.54. The predicted molar refractivity (Wildman–Crippen MR) is 93.4 cm³/mol. The van der Waals surface area contributed by atoms with Crippen LogP contribution in [0.3, 0.4) is 0 Å². The van der Waals surface area contributed by atoms with Crippen LogP contribution < -0.4 is 10.2 Å². The molecule has 5 heteroatoms. The topological polar surface area (TPSA) is 41.1 Å². The third-order valence-electron chi connectivity index (χ3n) is 2.98. The summed E-state index contributed by atoms with van der Waals surface area (Å²) in [4.78, 5) is 11.4. The van der Waals surface area contributed by atoms with Gasteiger partial charge in [0.1, 0.15) is 0 Å². The van der Waals surface area contributed by atoms with Gasteiger partial charge < -0.3 is 10.2 Å². The minimum Gasteiger partial charge on any atom is -0.351 e. The van der Waals surface area contributed by atoms with Crippen molar-refractivity contribution in [3.05, 3.63) is 48.9 Å². The molecule has 0 amide bonds. The first-order chi connectivity index (χ1) is 10.2. The third-order valence-corrected chi connectivity index (χ3v) is 4.06. The van der Waals surface area contributed by atoms with Crippen LogP contribution in [0.4, 0.5) is 11.8 Å². The fourth-order valence-electron chi connectivity index (χ4n) is 2.03. The molecular weight excluding hydrogens is 280 g/mol. The zero-order chi connectivity index (χ0) is 15.2. The van der Waals surface area contributed by atoms with Gasteiger partial charge in [0.15, 0.2) is 5.82 Å². The second kappa shape index (κ2) is 7.04. The lowest BCUT2D eigenvalue weighted by Gasteiger charge is -2.21. The molecule has 2 rings (SSSR count). The molecule has 0 spiro atoms. The lowest BCUT2D eigenvalue weighted by Crippen LogP contribution is -2.24. The Hall–Kier alpha value is -2.14. The largest absolute Gasteiger partial charge is 0.351 e. The second-order valence-corrected chi connectivity index (χ2v) is 5.50. The van der Waals surface area contributed by atoms with Gasteiger partial charge in [0.25, 0.3) is 0 Å². The molecule has 0 fully saturated rings. The van der Waals surface area contributed by atoms with E-state index in [1.807, 2.05) is 12.2 Å². The van der Waals surface area contributed by atoms with Gasteiger partial charge >= 0.3 is 0 Å². The molecule has 4 nitrogen and oxygen atoms in total. The Morgan fingerprint density at radius 2 is 1.90 bits per heavy atom. The van der Waals surface area contributed by atoms with E-state index in [9.17, 15) is 0 Å². The molecule has 0 aromatic carbocycles. The first-order valence-electron chi connectivity index (χ1n) is 6.78. The summed E-state index contributed by atoms with van der Waals surface area (Å²) in [6.45, 7) is 15.5. The van der Waals surface area contributed by atoms with Gasteiger partial charge in [-0.2, -0.15) is 4.98 Å². The molecule has 0 aliphatic carbocycles. The molecule has 110 valence electrons. The van der Waals surface area contributed by atoms with Crippen LogP contribution >= 0.6 is 11.3 Å². The van der Waals surface area contributed by atoms with Crippen LogP contribution in [0.2, 0.25) is 0 Å². The third kappa shape index (κ3) is 3.31. The van der Waals surface area contributed by atoms with Gasteiger partial charge in [-0.25, -0.2) is 4.98 Å². The number of fused-ring (bicyclic) bond motifs is 1. The van der Waals surface area contributed by atoms with Crippen molar-refractivity contribution in [2.24, 2.45) is 0 Å². The summed E-state index contributed by atoms with van der Waals surface area (Å²) < 4.78 is 1.10. The van der Waals surface area contributed by atoms with Gasteiger partial charge in [-0.15, -0.1) is 31.1 Å². The minimum absolute atomic E-state index is 0.622. The summed E-state index contributed by atoms with van der Waals surface area (Å²) in [5.41, 5.74) is 2.16. The highest BCUT2D eigenvalue weighted by atomic mass is 32.1. The van der Waals surface area contributed by atoms with Gasteiger partial charge in [-0.05, 0) is 17.9 Å². The number of hydrogen-bond donors (Lipinski definition) is 1. The molecule has 0 saturated carbocycles. The van der Waals surface area contributed by atoms with Gasteiger partial charge in [0, 0.05) is 19.6 Å². The van der Waals surface area contributed by atoms with Gasteiger partial charge in [-0.1, -0.05) is 18.2 Å². The van der Waals surface area contributed by atoms with E-state index in [4.69, 9.17) is 0 Å². The summed E-state index contributed by atoms with van der Waals surface area (Å²) in [7, 11) is 0. The maximum atomic E-state index is 4.66. The van der Waals surface area contributed by atoms with E-state index in [0.29, 0.717) is 12.5 Å². The van der Waals surface area contributed by atoms with Crippen LogP contribution in [0, 0.1) is 6.92 Å². The first-order valence-corrected chi connectivity index (χ1v) is 7.66. The lowest BCUT2D eigenvalue weighted by atomic mass is 10.3. The van der Waals surface area contributed by atoms with Crippen molar-refractivity contribution in [3.63, 3.8) is 0 Å². The molecule has 0 aliphatic heterocycles. The fraction of sp³-hybridized carbons (Fsp3) is 0.250. The number of hydrogen-bond acceptors (Lipinski definition) is 5. The normalized spacial score (nSPS) is 10.3. The summed E-state index contributed by atoms with van der Waals surface area (Å²) in [6, 6.07) is 0. The Labute approximate surface area is 129 Å². The van der Waals surface area contributed by atoms with E-state index >= 15 is 0 Å². The number of anilines is 2. The maximum Gasteiger partial charge on any atom is 0.225 e. The number of aryl methyl sites for hydroxylation is 1. The number of nitrogens with zero attached hydrogens (tertiary/aromatic N) is 3. The van der Waals surface area contributed by atoms with Crippen LogP contribution in [0.5, 0.6) is 0 Å². The van der Waals surface area contributed by atoms with Crippen molar-refractivity contribution < 1.29 is 0 Å². The summed E-state index contributed by atoms with van der Waals surface area (Å²) >= 11 is 1.67. The number of thiophene rings is 1. The molecule has 2 aromatic rings. The standard InChI is InChI=1S/C16H20N4S/c1-5-8-17-16-18-13-12(4)11-21-14(13)15(19-16)20(9-6-2)10-7-3/h5-7,11H,1-3,8-10H2,4H3,(H,17,18,19). The second-order valence-electron chi connectivity index (χ2n) is 4.62. The predicted octanol–water partition coefficient (Wildman–Crippen LogP) is 3.78. The number of nitrogens with one attached hydrogen (secondary N) is 1. The van der Waals surface area contributed by atoms with Crippen molar-refractivity contribution in [2.45, 2.75) is 6.92 Å². The van der Waals surface area contributed by atoms with E-state index in [1.165, 1.54) is 0 Å². The highest BCUT2D eigenvalue weighted by Crippen LogP contribution is 2.32. The van der Waals surface area contributed by atoms with Gasteiger partial charge in [0.05, 0.1) is 10.2 Å². The quantitative estimate of drug-likeness (QED) is 0.753. The van der Waals surface area contributed by atoms with Crippen LogP contribution in [0.15, 0.2) is 43.3 Å². The molecule has 0 unspecified atom stereocenters. The summed E-state index contributed by atoms with van der Waals surface area (Å²) in [6.07, 6.45) is 5.53. The van der Waals surface area contributed by atoms with E-state index in [-0.39, 0.29) is 0 Å². The Morgan fingerprint density at radius 3 is 2.52 bits per heavy atom. The summed E-state index contributed by atoms with van der Waals surface area (Å²) in [5, 5.41) is 5.28. The molecule has 2 aromatic heterocycles. The van der Waals surface area contributed by atoms with Crippen molar-refractivity contribution in [2.75, 3.05) is 29.9 Å². The Balaban J connectivity index is 2.54. The molecule has 2 heterocycles. The van der Waals surface area contributed by atoms with Gasteiger partial charge in [-0.3, -0.25) is 0 Å². The van der Waals surface area contributed by atoms with Crippen molar-refractivity contribution in [1.29, 1.82) is 0 Å². The zero-order valence-electron chi connectivity index (χ0n) is 12.3. The highest BCUT2D eigenvalue weighted by molar-refractivity contribution is 7.18. The smallest absolute Gasteiger partial charge is 0.225 e. The average Bonchev–Trinajstić information content (AvgIpc) is 2.86. The minimum atomic E-state index is 0.622. The average molecular weight is 300 g/mol. The molecule has 0 aliphatic rings. The molecule has 0 saturated heterocycles.